The first kappa shape index (κ1) is 20.8. The van der Waals surface area contributed by atoms with Gasteiger partial charge in [-0.05, 0) is 69.7 Å². The molecule has 1 aromatic heterocycles. The third kappa shape index (κ3) is 4.39. The summed E-state index contributed by atoms with van der Waals surface area (Å²) >= 11 is 0. The van der Waals surface area contributed by atoms with Gasteiger partial charge in [-0.2, -0.15) is 0 Å². The van der Waals surface area contributed by atoms with Crippen molar-refractivity contribution in [2.24, 2.45) is 0 Å². The van der Waals surface area contributed by atoms with Gasteiger partial charge in [-0.1, -0.05) is 13.3 Å². The van der Waals surface area contributed by atoms with Gasteiger partial charge >= 0.3 is 5.97 Å². The molecule has 0 amide bonds. The highest BCUT2D eigenvalue weighted by atomic mass is 16.5. The zero-order valence-electron chi connectivity index (χ0n) is 17.7. The van der Waals surface area contributed by atoms with Crippen molar-refractivity contribution in [1.82, 2.24) is 4.57 Å². The van der Waals surface area contributed by atoms with E-state index >= 15 is 0 Å². The van der Waals surface area contributed by atoms with Crippen molar-refractivity contribution >= 4 is 16.9 Å². The molecule has 0 aliphatic heterocycles. The van der Waals surface area contributed by atoms with Crippen LogP contribution in [0.15, 0.2) is 42.5 Å². The predicted octanol–water partition coefficient (Wildman–Crippen LogP) is 5.69. The molecule has 0 bridgehead atoms. The fraction of sp³-hybridized carbons (Fsp3) is 0.375. The van der Waals surface area contributed by atoms with E-state index in [2.05, 4.69) is 11.5 Å². The van der Waals surface area contributed by atoms with Crippen LogP contribution in [0, 0.1) is 6.92 Å². The summed E-state index contributed by atoms with van der Waals surface area (Å²) < 4.78 is 18.8. The van der Waals surface area contributed by atoms with Gasteiger partial charge in [0.2, 0.25) is 0 Å². The number of rotatable bonds is 9. The molecule has 0 atom stereocenters. The Morgan fingerprint density at radius 3 is 2.31 bits per heavy atom. The SMILES string of the molecule is CCCCOc1ccc2c(c1)c(C(=O)OCC)c(C)n2-c1ccc(OCC)cc1. The minimum Gasteiger partial charge on any atom is -0.494 e. The van der Waals surface area contributed by atoms with Crippen molar-refractivity contribution in [2.45, 2.75) is 40.5 Å². The Morgan fingerprint density at radius 1 is 0.931 bits per heavy atom. The number of carbonyl (C=O) groups is 1. The molecule has 29 heavy (non-hydrogen) atoms. The fourth-order valence-corrected chi connectivity index (χ4v) is 3.47. The summed E-state index contributed by atoms with van der Waals surface area (Å²) in [7, 11) is 0. The van der Waals surface area contributed by atoms with Gasteiger partial charge in [-0.15, -0.1) is 0 Å². The number of esters is 1. The van der Waals surface area contributed by atoms with Crippen LogP contribution in [0.3, 0.4) is 0 Å². The van der Waals surface area contributed by atoms with Crippen molar-refractivity contribution in [3.05, 3.63) is 53.7 Å². The summed E-state index contributed by atoms with van der Waals surface area (Å²) in [5.41, 5.74) is 3.33. The smallest absolute Gasteiger partial charge is 0.340 e. The van der Waals surface area contributed by atoms with E-state index in [9.17, 15) is 4.79 Å². The van der Waals surface area contributed by atoms with Crippen molar-refractivity contribution < 1.29 is 19.0 Å². The Balaban J connectivity index is 2.11. The minimum atomic E-state index is -0.314. The number of aromatic nitrogens is 1. The van der Waals surface area contributed by atoms with Crippen LogP contribution in [-0.4, -0.2) is 30.4 Å². The average Bonchev–Trinajstić information content (AvgIpc) is 3.00. The van der Waals surface area contributed by atoms with Crippen LogP contribution >= 0.6 is 0 Å². The number of ether oxygens (including phenoxy) is 3. The number of benzene rings is 2. The molecule has 0 N–H and O–H groups in total. The third-order valence-electron chi connectivity index (χ3n) is 4.83. The first-order chi connectivity index (χ1) is 14.1. The van der Waals surface area contributed by atoms with E-state index in [-0.39, 0.29) is 5.97 Å². The van der Waals surface area contributed by atoms with Crippen LogP contribution in [0.25, 0.3) is 16.6 Å². The normalized spacial score (nSPS) is 10.9. The topological polar surface area (TPSA) is 49.7 Å². The van der Waals surface area contributed by atoms with E-state index in [1.165, 1.54) is 0 Å². The largest absolute Gasteiger partial charge is 0.494 e. The Hall–Kier alpha value is -2.95. The van der Waals surface area contributed by atoms with E-state index in [1.54, 1.807) is 0 Å². The molecule has 3 rings (SSSR count). The number of fused-ring (bicyclic) bond motifs is 1. The Morgan fingerprint density at radius 2 is 1.66 bits per heavy atom. The van der Waals surface area contributed by atoms with Crippen molar-refractivity contribution in [3.63, 3.8) is 0 Å². The van der Waals surface area contributed by atoms with Crippen LogP contribution in [0.1, 0.15) is 49.7 Å². The summed E-state index contributed by atoms with van der Waals surface area (Å²) in [5, 5.41) is 0.837. The maximum Gasteiger partial charge on any atom is 0.340 e. The number of unbranched alkanes of at least 4 members (excludes halogenated alkanes) is 1. The molecule has 5 nitrogen and oxygen atoms in total. The van der Waals surface area contributed by atoms with E-state index in [0.29, 0.717) is 25.4 Å². The lowest BCUT2D eigenvalue weighted by atomic mass is 10.1. The molecular weight excluding hydrogens is 366 g/mol. The van der Waals surface area contributed by atoms with Crippen LogP contribution in [-0.2, 0) is 4.74 Å². The second-order valence-electron chi connectivity index (χ2n) is 6.82. The van der Waals surface area contributed by atoms with E-state index in [0.717, 1.165) is 46.6 Å². The van der Waals surface area contributed by atoms with Gasteiger partial charge in [0.05, 0.1) is 30.9 Å². The lowest BCUT2D eigenvalue weighted by Crippen LogP contribution is -2.07. The first-order valence-corrected chi connectivity index (χ1v) is 10.3. The van der Waals surface area contributed by atoms with E-state index in [4.69, 9.17) is 14.2 Å². The highest BCUT2D eigenvalue weighted by Crippen LogP contribution is 2.33. The van der Waals surface area contributed by atoms with Gasteiger partial charge in [0.25, 0.3) is 0 Å². The lowest BCUT2D eigenvalue weighted by molar-refractivity contribution is 0.0527. The minimum absolute atomic E-state index is 0.314. The lowest BCUT2D eigenvalue weighted by Gasteiger charge is -2.11. The molecule has 2 aromatic carbocycles. The Kier molecular flexibility index (Phi) is 6.81. The highest BCUT2D eigenvalue weighted by molar-refractivity contribution is 6.07. The zero-order chi connectivity index (χ0) is 20.8. The van der Waals surface area contributed by atoms with Crippen molar-refractivity contribution in [2.75, 3.05) is 19.8 Å². The summed E-state index contributed by atoms with van der Waals surface area (Å²) in [5.74, 6) is 1.27. The standard InChI is InChI=1S/C24H29NO4/c1-5-8-15-29-20-13-14-22-21(16-20)23(24(26)28-7-3)17(4)25(22)18-9-11-19(12-10-18)27-6-2/h9-14,16H,5-8,15H2,1-4H3. The third-order valence-corrected chi connectivity index (χ3v) is 4.83. The fourth-order valence-electron chi connectivity index (χ4n) is 3.47. The number of carbonyl (C=O) groups excluding carboxylic acids is 1. The molecule has 0 saturated heterocycles. The Bertz CT molecular complexity index is 973. The molecule has 0 aliphatic carbocycles. The highest BCUT2D eigenvalue weighted by Gasteiger charge is 2.22. The molecule has 0 saturated carbocycles. The quantitative estimate of drug-likeness (QED) is 0.345. The summed E-state index contributed by atoms with van der Waals surface area (Å²) in [6.07, 6.45) is 2.07. The second kappa shape index (κ2) is 9.50. The maximum atomic E-state index is 12.7. The number of hydrogen-bond donors (Lipinski definition) is 0. The molecule has 0 radical (unpaired) electrons. The average molecular weight is 395 g/mol. The van der Waals surface area contributed by atoms with Crippen LogP contribution in [0.5, 0.6) is 11.5 Å². The summed E-state index contributed by atoms with van der Waals surface area (Å²) in [6, 6.07) is 13.8. The molecular formula is C24H29NO4. The maximum absolute atomic E-state index is 12.7. The van der Waals surface area contributed by atoms with Gasteiger partial charge in [0.15, 0.2) is 0 Å². The van der Waals surface area contributed by atoms with Gasteiger partial charge < -0.3 is 18.8 Å². The van der Waals surface area contributed by atoms with Crippen molar-refractivity contribution in [1.29, 1.82) is 0 Å². The molecule has 3 aromatic rings. The number of hydrogen-bond acceptors (Lipinski definition) is 4. The van der Waals surface area contributed by atoms with Gasteiger partial charge in [0.1, 0.15) is 11.5 Å². The molecule has 154 valence electrons. The van der Waals surface area contributed by atoms with Crippen molar-refractivity contribution in [3.8, 4) is 17.2 Å². The van der Waals surface area contributed by atoms with Crippen LogP contribution in [0.4, 0.5) is 0 Å². The summed E-state index contributed by atoms with van der Waals surface area (Å²) in [4.78, 5) is 12.7. The monoisotopic (exact) mass is 395 g/mol. The molecule has 1 heterocycles. The van der Waals surface area contributed by atoms with Gasteiger partial charge in [-0.3, -0.25) is 0 Å². The first-order valence-electron chi connectivity index (χ1n) is 10.3. The Labute approximate surface area is 172 Å². The zero-order valence-corrected chi connectivity index (χ0v) is 17.7. The predicted molar refractivity (Wildman–Crippen MR) is 116 cm³/mol. The van der Waals surface area contributed by atoms with Gasteiger partial charge in [-0.25, -0.2) is 4.79 Å². The molecule has 0 spiro atoms. The van der Waals surface area contributed by atoms with Gasteiger partial charge in [0, 0.05) is 16.8 Å². The van der Waals surface area contributed by atoms with E-state index < -0.39 is 0 Å². The summed E-state index contributed by atoms with van der Waals surface area (Å²) in [6.45, 7) is 9.47. The molecule has 5 heteroatoms. The molecule has 0 aliphatic rings. The van der Waals surface area contributed by atoms with Crippen LogP contribution in [0.2, 0.25) is 0 Å². The van der Waals surface area contributed by atoms with Crippen LogP contribution < -0.4 is 9.47 Å². The van der Waals surface area contributed by atoms with E-state index in [1.807, 2.05) is 63.2 Å². The second-order valence-corrected chi connectivity index (χ2v) is 6.82. The number of nitrogens with zero attached hydrogens (tertiary/aromatic N) is 1. The molecule has 0 fully saturated rings. The molecule has 0 unspecified atom stereocenters.